The van der Waals surface area contributed by atoms with Gasteiger partial charge in [0, 0.05) is 0 Å². The lowest BCUT2D eigenvalue weighted by molar-refractivity contribution is 0.0698. The number of aromatic carboxylic acids is 1. The van der Waals surface area contributed by atoms with E-state index < -0.39 is 93.3 Å². The fraction of sp³-hybridized carbons (Fsp3) is 0.0526. The maximum absolute atomic E-state index is 14.9. The fourth-order valence-corrected chi connectivity index (χ4v) is 3.07. The first kappa shape index (κ1) is 13.7. The number of hydrogen-bond acceptors (Lipinski definition) is 4. The summed E-state index contributed by atoms with van der Waals surface area (Å²) < 4.78 is 109. The highest BCUT2D eigenvalue weighted by Crippen LogP contribution is 2.36. The van der Waals surface area contributed by atoms with Gasteiger partial charge in [0.15, 0.2) is 23.3 Å². The van der Waals surface area contributed by atoms with Crippen molar-refractivity contribution in [2.75, 3.05) is 12.4 Å². The van der Waals surface area contributed by atoms with E-state index in [0.29, 0.717) is 17.4 Å². The lowest BCUT2D eigenvalue weighted by Crippen LogP contribution is -2.18. The van der Waals surface area contributed by atoms with Crippen molar-refractivity contribution < 1.29 is 45.2 Å². The van der Waals surface area contributed by atoms with Crippen LogP contribution in [0, 0.1) is 23.3 Å². The molecular formula is C19H11F4NO4S. The van der Waals surface area contributed by atoms with E-state index in [2.05, 4.69) is 4.74 Å². The highest BCUT2D eigenvalue weighted by Gasteiger charge is 2.29. The average Bonchev–Trinajstić information content (AvgIpc) is 3.25. The molecule has 0 aliphatic carbocycles. The molecule has 2 N–H and O–H groups in total. The molecule has 5 nitrogen and oxygen atoms in total. The van der Waals surface area contributed by atoms with Crippen LogP contribution in [0.2, 0.25) is 0 Å². The van der Waals surface area contributed by atoms with Gasteiger partial charge in [-0.05, 0) is 29.1 Å². The topological polar surface area (TPSA) is 75.6 Å². The van der Waals surface area contributed by atoms with Crippen LogP contribution in [0.25, 0.3) is 11.1 Å². The van der Waals surface area contributed by atoms with Crippen molar-refractivity contribution in [2.24, 2.45) is 0 Å². The van der Waals surface area contributed by atoms with Gasteiger partial charge in [-0.1, -0.05) is 12.1 Å². The SMILES string of the molecule is [2H]c1cc([2H])c(-c2c(F)c(F)c(NC(=O)c3ccsc3C(=O)O)c(F)c2F)c([2H])c1OC([2H])([2H])[2H]. The number of benzene rings is 2. The summed E-state index contributed by atoms with van der Waals surface area (Å²) in [7, 11) is -3.20. The zero-order valence-corrected chi connectivity index (χ0v) is 14.6. The van der Waals surface area contributed by atoms with Crippen LogP contribution < -0.4 is 10.1 Å². The number of carbonyl (C=O) groups is 2. The second-order valence-electron chi connectivity index (χ2n) is 5.29. The molecule has 29 heavy (non-hydrogen) atoms. The molecule has 1 aromatic heterocycles. The molecule has 0 aliphatic rings. The Bertz CT molecular complexity index is 1350. The van der Waals surface area contributed by atoms with Gasteiger partial charge in [0.2, 0.25) is 0 Å². The van der Waals surface area contributed by atoms with Crippen molar-refractivity contribution in [3.63, 3.8) is 0 Å². The van der Waals surface area contributed by atoms with Gasteiger partial charge in [-0.3, -0.25) is 4.79 Å². The average molecular weight is 431 g/mol. The second-order valence-corrected chi connectivity index (χ2v) is 6.21. The van der Waals surface area contributed by atoms with Gasteiger partial charge >= 0.3 is 5.97 Å². The molecule has 3 aromatic rings. The van der Waals surface area contributed by atoms with Gasteiger partial charge in [-0.2, -0.15) is 0 Å². The number of rotatable bonds is 5. The van der Waals surface area contributed by atoms with Crippen molar-refractivity contribution in [1.29, 1.82) is 0 Å². The Morgan fingerprint density at radius 2 is 1.86 bits per heavy atom. The number of ether oxygens (including phenoxy) is 1. The first-order valence-corrected chi connectivity index (χ1v) is 8.31. The summed E-state index contributed by atoms with van der Waals surface area (Å²) in [4.78, 5) is 23.0. The number of carbonyl (C=O) groups excluding carboxylic acids is 1. The zero-order chi connectivity index (χ0) is 26.4. The smallest absolute Gasteiger partial charge is 0.346 e. The van der Waals surface area contributed by atoms with Crippen molar-refractivity contribution in [2.45, 2.75) is 0 Å². The highest BCUT2D eigenvalue weighted by molar-refractivity contribution is 7.12. The molecule has 0 atom stereocenters. The lowest BCUT2D eigenvalue weighted by atomic mass is 10.0. The standard InChI is InChI=1S/C19H11F4NO4S/c1-28-9-4-2-3-8(7-9)11-12(20)14(22)16(15(23)13(11)21)24-18(25)10-5-6-29-17(10)19(26)27/h2-7H,1H3,(H,24,25)(H,26,27)/i1D3,3D,4D,7D. The molecule has 1 heterocycles. The van der Waals surface area contributed by atoms with E-state index in [9.17, 15) is 27.2 Å². The van der Waals surface area contributed by atoms with Crippen molar-refractivity contribution >= 4 is 28.9 Å². The summed E-state index contributed by atoms with van der Waals surface area (Å²) in [6.07, 6.45) is 0. The number of thiophene rings is 1. The van der Waals surface area contributed by atoms with Gasteiger partial charge in [0.25, 0.3) is 5.91 Å². The molecule has 0 unspecified atom stereocenters. The second kappa shape index (κ2) is 7.92. The molecule has 0 saturated carbocycles. The number of anilines is 1. The van der Waals surface area contributed by atoms with E-state index in [-0.39, 0.29) is 0 Å². The third kappa shape index (κ3) is 3.66. The monoisotopic (exact) mass is 431 g/mol. The minimum Gasteiger partial charge on any atom is -0.497 e. The molecule has 0 radical (unpaired) electrons. The molecule has 3 rings (SSSR count). The van der Waals surface area contributed by atoms with Crippen molar-refractivity contribution in [1.82, 2.24) is 0 Å². The molecule has 10 heteroatoms. The normalized spacial score (nSPS) is 14.1. The molecule has 150 valence electrons. The molecule has 1 amide bonds. The van der Waals surface area contributed by atoms with Gasteiger partial charge in [-0.25, -0.2) is 22.4 Å². The van der Waals surface area contributed by atoms with Gasteiger partial charge in [0.05, 0.1) is 26.4 Å². The Morgan fingerprint density at radius 1 is 1.17 bits per heavy atom. The Kier molecular flexibility index (Phi) is 3.75. The summed E-state index contributed by atoms with van der Waals surface area (Å²) in [5.41, 5.74) is -4.84. The summed E-state index contributed by atoms with van der Waals surface area (Å²) in [6.45, 7) is 0. The Labute approximate surface area is 173 Å². The van der Waals surface area contributed by atoms with Gasteiger partial charge in [0.1, 0.15) is 16.3 Å². The first-order chi connectivity index (χ1) is 16.2. The molecule has 2 aromatic carbocycles. The van der Waals surface area contributed by atoms with E-state index in [1.165, 1.54) is 5.38 Å². The predicted octanol–water partition coefficient (Wildman–Crippen LogP) is 4.93. The van der Waals surface area contributed by atoms with Crippen LogP contribution in [-0.4, -0.2) is 24.0 Å². The number of nitrogens with one attached hydrogen (secondary N) is 1. The Morgan fingerprint density at radius 3 is 2.48 bits per heavy atom. The molecule has 0 fully saturated rings. The number of halogens is 4. The van der Waals surface area contributed by atoms with Crippen LogP contribution in [0.15, 0.2) is 35.6 Å². The van der Waals surface area contributed by atoms with E-state index in [1.54, 1.807) is 5.32 Å². The largest absolute Gasteiger partial charge is 0.497 e. The zero-order valence-electron chi connectivity index (χ0n) is 19.8. The van der Waals surface area contributed by atoms with E-state index in [0.717, 1.165) is 6.07 Å². The Hall–Kier alpha value is -3.40. The maximum atomic E-state index is 14.9. The molecule has 0 spiro atoms. The summed E-state index contributed by atoms with van der Waals surface area (Å²) in [5.74, 6) is -12.5. The number of carboxylic acid groups (broad SMARTS) is 1. The third-order valence-electron chi connectivity index (χ3n) is 3.62. The summed E-state index contributed by atoms with van der Waals surface area (Å²) >= 11 is 0.615. The Balaban J connectivity index is 2.18. The molecule has 0 aliphatic heterocycles. The van der Waals surface area contributed by atoms with Gasteiger partial charge in [-0.15, -0.1) is 11.3 Å². The lowest BCUT2D eigenvalue weighted by Gasteiger charge is -2.13. The quantitative estimate of drug-likeness (QED) is 0.444. The van der Waals surface area contributed by atoms with Crippen LogP contribution in [0.1, 0.15) is 28.3 Å². The number of carboxylic acids is 1. The predicted molar refractivity (Wildman–Crippen MR) is 97.5 cm³/mol. The first-order valence-electron chi connectivity index (χ1n) is 10.4. The van der Waals surface area contributed by atoms with Crippen LogP contribution in [-0.2, 0) is 0 Å². The summed E-state index contributed by atoms with van der Waals surface area (Å²) in [6, 6.07) is -1.39. The number of amides is 1. The minimum atomic E-state index is -3.20. The van der Waals surface area contributed by atoms with E-state index in [1.807, 2.05) is 0 Å². The van der Waals surface area contributed by atoms with E-state index >= 15 is 0 Å². The van der Waals surface area contributed by atoms with Crippen LogP contribution in [0.3, 0.4) is 0 Å². The number of methoxy groups -OCH3 is 1. The van der Waals surface area contributed by atoms with Crippen LogP contribution in [0.5, 0.6) is 5.75 Å². The minimum absolute atomic E-state index is 0.504. The fourth-order valence-electron chi connectivity index (χ4n) is 2.34. The highest BCUT2D eigenvalue weighted by atomic mass is 32.1. The van der Waals surface area contributed by atoms with Crippen molar-refractivity contribution in [3.05, 3.63) is 69.3 Å². The number of hydrogen-bond donors (Lipinski definition) is 2. The van der Waals surface area contributed by atoms with Crippen LogP contribution >= 0.6 is 11.3 Å². The van der Waals surface area contributed by atoms with E-state index in [4.69, 9.17) is 13.3 Å². The maximum Gasteiger partial charge on any atom is 0.346 e. The van der Waals surface area contributed by atoms with Gasteiger partial charge < -0.3 is 15.2 Å². The summed E-state index contributed by atoms with van der Waals surface area (Å²) in [5, 5.41) is 11.8. The van der Waals surface area contributed by atoms with Crippen LogP contribution in [0.4, 0.5) is 23.2 Å². The van der Waals surface area contributed by atoms with Crippen molar-refractivity contribution in [3.8, 4) is 16.9 Å². The molecule has 0 bridgehead atoms. The third-order valence-corrected chi connectivity index (χ3v) is 4.52. The molecular weight excluding hydrogens is 414 g/mol. The molecule has 0 saturated heterocycles.